The second-order valence-electron chi connectivity index (χ2n) is 5.18. The maximum absolute atomic E-state index is 12.3. The van der Waals surface area contributed by atoms with E-state index in [1.54, 1.807) is 7.11 Å². The van der Waals surface area contributed by atoms with Crippen molar-refractivity contribution >= 4 is 11.4 Å². The van der Waals surface area contributed by atoms with E-state index in [-0.39, 0.29) is 6.10 Å². The number of ketones is 1. The van der Waals surface area contributed by atoms with Gasteiger partial charge in [0, 0.05) is 19.1 Å². The van der Waals surface area contributed by atoms with Gasteiger partial charge in [0.15, 0.2) is 5.78 Å². The third-order valence-corrected chi connectivity index (χ3v) is 4.15. The topological polar surface area (TPSA) is 26.3 Å². The van der Waals surface area contributed by atoms with Gasteiger partial charge in [-0.2, -0.15) is 0 Å². The Bertz CT molecular complexity index is 487. The van der Waals surface area contributed by atoms with E-state index in [2.05, 4.69) is 0 Å². The number of allylic oxidation sites excluding steroid dienone is 1. The number of carbonyl (C=O) groups is 1. The lowest BCUT2D eigenvalue weighted by Crippen LogP contribution is -2.23. The van der Waals surface area contributed by atoms with Gasteiger partial charge in [-0.15, -0.1) is 0 Å². The van der Waals surface area contributed by atoms with Crippen molar-refractivity contribution in [2.45, 2.75) is 31.8 Å². The summed E-state index contributed by atoms with van der Waals surface area (Å²) in [7, 11) is 1.76. The zero-order valence-corrected chi connectivity index (χ0v) is 10.7. The molecule has 0 aromatic heterocycles. The number of carbonyl (C=O) groups excluding carboxylic acids is 1. The third kappa shape index (κ3) is 1.81. The first kappa shape index (κ1) is 11.7. The summed E-state index contributed by atoms with van der Waals surface area (Å²) >= 11 is 0. The molecule has 2 nitrogen and oxygen atoms in total. The maximum atomic E-state index is 12.3. The Kier molecular flexibility index (Phi) is 3.04. The van der Waals surface area contributed by atoms with Crippen molar-refractivity contribution in [3.8, 4) is 0 Å². The summed E-state index contributed by atoms with van der Waals surface area (Å²) in [5.74, 6) is 0.719. The third-order valence-electron chi connectivity index (χ3n) is 4.15. The molecule has 1 aromatic carbocycles. The summed E-state index contributed by atoms with van der Waals surface area (Å²) in [6.07, 6.45) is 4.18. The SMILES string of the molecule is CO[C@@H]1CCC[C@H]2CC(=O)C(c3ccccc3)=C21. The fourth-order valence-corrected chi connectivity index (χ4v) is 3.36. The molecule has 1 saturated carbocycles. The fourth-order valence-electron chi connectivity index (χ4n) is 3.36. The van der Waals surface area contributed by atoms with Gasteiger partial charge in [-0.1, -0.05) is 30.3 Å². The van der Waals surface area contributed by atoms with E-state index in [1.165, 1.54) is 12.0 Å². The Balaban J connectivity index is 2.10. The van der Waals surface area contributed by atoms with Crippen LogP contribution in [-0.4, -0.2) is 19.0 Å². The van der Waals surface area contributed by atoms with E-state index in [9.17, 15) is 4.79 Å². The van der Waals surface area contributed by atoms with Crippen molar-refractivity contribution in [1.82, 2.24) is 0 Å². The van der Waals surface area contributed by atoms with Gasteiger partial charge in [0.25, 0.3) is 0 Å². The Morgan fingerprint density at radius 1 is 1.17 bits per heavy atom. The number of rotatable bonds is 2. The number of methoxy groups -OCH3 is 1. The molecule has 0 radical (unpaired) electrons. The normalized spacial score (nSPS) is 27.5. The first-order chi connectivity index (χ1) is 8.81. The quantitative estimate of drug-likeness (QED) is 0.796. The van der Waals surface area contributed by atoms with Crippen LogP contribution in [0.1, 0.15) is 31.2 Å². The summed E-state index contributed by atoms with van der Waals surface area (Å²) in [6.45, 7) is 0. The molecule has 18 heavy (non-hydrogen) atoms. The molecule has 1 aromatic rings. The highest BCUT2D eigenvalue weighted by Crippen LogP contribution is 2.44. The van der Waals surface area contributed by atoms with Crippen molar-refractivity contribution in [3.05, 3.63) is 41.5 Å². The van der Waals surface area contributed by atoms with Gasteiger partial charge in [0.05, 0.1) is 6.10 Å². The van der Waals surface area contributed by atoms with Crippen LogP contribution in [0.3, 0.4) is 0 Å². The highest BCUT2D eigenvalue weighted by atomic mass is 16.5. The molecule has 0 amide bonds. The van der Waals surface area contributed by atoms with Crippen molar-refractivity contribution in [3.63, 3.8) is 0 Å². The average molecular weight is 242 g/mol. The molecule has 0 spiro atoms. The molecule has 0 aliphatic heterocycles. The van der Waals surface area contributed by atoms with Crippen LogP contribution < -0.4 is 0 Å². The summed E-state index contributed by atoms with van der Waals surface area (Å²) < 4.78 is 5.60. The molecule has 0 saturated heterocycles. The molecular weight excluding hydrogens is 224 g/mol. The fraction of sp³-hybridized carbons (Fsp3) is 0.438. The van der Waals surface area contributed by atoms with Crippen molar-refractivity contribution in [2.24, 2.45) is 5.92 Å². The standard InChI is InChI=1S/C16H18O2/c1-18-14-9-5-8-12-10-13(17)15(16(12)14)11-6-3-2-4-7-11/h2-4,6-7,12,14H,5,8-10H2,1H3/t12-,14+/m0/s1. The van der Waals surface area contributed by atoms with Crippen LogP contribution in [0.15, 0.2) is 35.9 Å². The minimum absolute atomic E-state index is 0.144. The lowest BCUT2D eigenvalue weighted by Gasteiger charge is -2.28. The maximum Gasteiger partial charge on any atom is 0.164 e. The molecule has 0 bridgehead atoms. The summed E-state index contributed by atoms with van der Waals surface area (Å²) in [4.78, 5) is 12.3. The predicted octanol–water partition coefficient (Wildman–Crippen LogP) is 3.23. The average Bonchev–Trinajstić information content (AvgIpc) is 2.75. The molecule has 1 fully saturated rings. The van der Waals surface area contributed by atoms with Crippen LogP contribution in [0, 0.1) is 5.92 Å². The molecule has 3 rings (SSSR count). The van der Waals surface area contributed by atoms with E-state index in [0.717, 1.165) is 24.0 Å². The molecule has 0 N–H and O–H groups in total. The summed E-state index contributed by atoms with van der Waals surface area (Å²) in [5.41, 5.74) is 3.26. The number of hydrogen-bond acceptors (Lipinski definition) is 2. The molecule has 2 aliphatic rings. The Morgan fingerprint density at radius 3 is 2.67 bits per heavy atom. The Morgan fingerprint density at radius 2 is 1.94 bits per heavy atom. The van der Waals surface area contributed by atoms with Gasteiger partial charge >= 0.3 is 0 Å². The van der Waals surface area contributed by atoms with E-state index in [0.29, 0.717) is 18.1 Å². The molecule has 2 atom stereocenters. The summed E-state index contributed by atoms with van der Waals surface area (Å²) in [5, 5.41) is 0. The van der Waals surface area contributed by atoms with Crippen LogP contribution in [0.5, 0.6) is 0 Å². The van der Waals surface area contributed by atoms with Gasteiger partial charge in [-0.3, -0.25) is 4.79 Å². The molecule has 94 valence electrons. The van der Waals surface area contributed by atoms with Gasteiger partial charge in [0.2, 0.25) is 0 Å². The number of benzene rings is 1. The number of Topliss-reactive ketones (excluding diaryl/α,β-unsaturated/α-hetero) is 1. The molecular formula is C16H18O2. The second kappa shape index (κ2) is 4.69. The van der Waals surface area contributed by atoms with Gasteiger partial charge in [-0.25, -0.2) is 0 Å². The van der Waals surface area contributed by atoms with Crippen molar-refractivity contribution < 1.29 is 9.53 Å². The van der Waals surface area contributed by atoms with Crippen LogP contribution in [0.2, 0.25) is 0 Å². The van der Waals surface area contributed by atoms with Crippen LogP contribution in [-0.2, 0) is 9.53 Å². The zero-order chi connectivity index (χ0) is 12.5. The van der Waals surface area contributed by atoms with Crippen molar-refractivity contribution in [1.29, 1.82) is 0 Å². The largest absolute Gasteiger partial charge is 0.377 e. The number of hydrogen-bond donors (Lipinski definition) is 0. The first-order valence-corrected chi connectivity index (χ1v) is 6.66. The lowest BCUT2D eigenvalue weighted by atomic mass is 9.82. The van der Waals surface area contributed by atoms with Crippen molar-refractivity contribution in [2.75, 3.05) is 7.11 Å². The number of ether oxygens (including phenoxy) is 1. The first-order valence-electron chi connectivity index (χ1n) is 6.66. The molecule has 0 heterocycles. The smallest absolute Gasteiger partial charge is 0.164 e. The number of fused-ring (bicyclic) bond motifs is 1. The molecule has 2 aliphatic carbocycles. The molecule has 2 heteroatoms. The lowest BCUT2D eigenvalue weighted by molar-refractivity contribution is -0.113. The monoisotopic (exact) mass is 242 g/mol. The van der Waals surface area contributed by atoms with E-state index >= 15 is 0 Å². The highest BCUT2D eigenvalue weighted by molar-refractivity contribution is 6.24. The van der Waals surface area contributed by atoms with Gasteiger partial charge < -0.3 is 4.74 Å². The highest BCUT2D eigenvalue weighted by Gasteiger charge is 2.39. The van der Waals surface area contributed by atoms with E-state index < -0.39 is 0 Å². The van der Waals surface area contributed by atoms with Crippen LogP contribution >= 0.6 is 0 Å². The zero-order valence-electron chi connectivity index (χ0n) is 10.7. The molecule has 0 unspecified atom stereocenters. The second-order valence-corrected chi connectivity index (χ2v) is 5.18. The van der Waals surface area contributed by atoms with Crippen LogP contribution in [0.25, 0.3) is 5.57 Å². The Labute approximate surface area is 108 Å². The Hall–Kier alpha value is -1.41. The van der Waals surface area contributed by atoms with Crippen LogP contribution in [0.4, 0.5) is 0 Å². The predicted molar refractivity (Wildman–Crippen MR) is 71.1 cm³/mol. The minimum Gasteiger partial charge on any atom is -0.377 e. The summed E-state index contributed by atoms with van der Waals surface area (Å²) in [6, 6.07) is 10.0. The minimum atomic E-state index is 0.144. The van der Waals surface area contributed by atoms with E-state index in [4.69, 9.17) is 4.74 Å². The van der Waals surface area contributed by atoms with Gasteiger partial charge in [-0.05, 0) is 36.3 Å². The van der Waals surface area contributed by atoms with Gasteiger partial charge in [0.1, 0.15) is 0 Å². The van der Waals surface area contributed by atoms with E-state index in [1.807, 2.05) is 30.3 Å².